The number of benzene rings is 1. The lowest BCUT2D eigenvalue weighted by molar-refractivity contribution is -0.136. The topological polar surface area (TPSA) is 104 Å². The zero-order chi connectivity index (χ0) is 15.2. The minimum Gasteiger partial charge on any atom is -0.481 e. The van der Waals surface area contributed by atoms with Gasteiger partial charge in [0.25, 0.3) is 5.91 Å². The third kappa shape index (κ3) is 4.18. The Morgan fingerprint density at radius 2 is 2.00 bits per heavy atom. The Bertz CT molecular complexity index is 706. The molecule has 3 N–H and O–H groups in total. The van der Waals surface area contributed by atoms with E-state index >= 15 is 0 Å². The van der Waals surface area contributed by atoms with Gasteiger partial charge in [0.05, 0.1) is 18.7 Å². The molecule has 1 amide bonds. The molecular formula is C13H13N3O4S. The van der Waals surface area contributed by atoms with Gasteiger partial charge in [-0.25, -0.2) is 0 Å². The summed E-state index contributed by atoms with van der Waals surface area (Å²) in [6.45, 7) is -0.0177. The average molecular weight is 307 g/mol. The van der Waals surface area contributed by atoms with Crippen LogP contribution >= 0.6 is 11.3 Å². The van der Waals surface area contributed by atoms with Gasteiger partial charge in [0.2, 0.25) is 4.80 Å². The molecule has 0 radical (unpaired) electrons. The van der Waals surface area contributed by atoms with Gasteiger partial charge in [-0.15, -0.1) is 11.3 Å². The number of aliphatic carboxylic acids is 1. The number of anilines is 1. The molecule has 0 spiro atoms. The maximum Gasteiger partial charge on any atom is 0.309 e. The zero-order valence-corrected chi connectivity index (χ0v) is 11.7. The van der Waals surface area contributed by atoms with Crippen molar-refractivity contribution in [3.05, 3.63) is 46.2 Å². The molecule has 0 bridgehead atoms. The van der Waals surface area contributed by atoms with E-state index in [1.807, 2.05) is 30.3 Å². The quantitative estimate of drug-likeness (QED) is 0.714. The summed E-state index contributed by atoms with van der Waals surface area (Å²) in [4.78, 5) is 26.1. The summed E-state index contributed by atoms with van der Waals surface area (Å²) in [5.41, 5.74) is 0.964. The second kappa shape index (κ2) is 6.71. The summed E-state index contributed by atoms with van der Waals surface area (Å²) < 4.78 is 0.624. The fourth-order valence-electron chi connectivity index (χ4n) is 1.57. The largest absolute Gasteiger partial charge is 0.481 e. The average Bonchev–Trinajstić information content (AvgIpc) is 2.79. The first kappa shape index (κ1) is 14.8. The summed E-state index contributed by atoms with van der Waals surface area (Å²) in [7, 11) is 0. The van der Waals surface area contributed by atoms with Gasteiger partial charge >= 0.3 is 5.97 Å². The number of hydrogen-bond acceptors (Lipinski definition) is 5. The number of carboxylic acids is 1. The highest BCUT2D eigenvalue weighted by molar-refractivity contribution is 7.07. The molecule has 21 heavy (non-hydrogen) atoms. The van der Waals surface area contributed by atoms with Crippen molar-refractivity contribution in [1.82, 2.24) is 4.73 Å². The number of amides is 1. The number of carboxylic acid groups (broad SMARTS) is 1. The maximum atomic E-state index is 11.7. The maximum absolute atomic E-state index is 11.7. The third-order valence-electron chi connectivity index (χ3n) is 2.52. The van der Waals surface area contributed by atoms with E-state index in [4.69, 9.17) is 5.11 Å². The lowest BCUT2D eigenvalue weighted by Crippen LogP contribution is -2.20. The molecule has 110 valence electrons. The SMILES string of the molecule is O=C(O)Cc1csc(=NC(=O)CNc2ccccc2)n1O. The van der Waals surface area contributed by atoms with Crippen molar-refractivity contribution in [2.45, 2.75) is 6.42 Å². The highest BCUT2D eigenvalue weighted by Gasteiger charge is 2.09. The van der Waals surface area contributed by atoms with E-state index in [0.717, 1.165) is 17.0 Å². The van der Waals surface area contributed by atoms with Crippen molar-refractivity contribution in [2.75, 3.05) is 11.9 Å². The minimum atomic E-state index is -1.07. The molecule has 0 saturated carbocycles. The van der Waals surface area contributed by atoms with Crippen LogP contribution in [-0.4, -0.2) is 33.5 Å². The van der Waals surface area contributed by atoms with Crippen LogP contribution in [0.4, 0.5) is 5.69 Å². The molecule has 0 fully saturated rings. The van der Waals surface area contributed by atoms with Gasteiger partial charge in [0.1, 0.15) is 0 Å². The molecule has 0 aliphatic heterocycles. The first-order valence-electron chi connectivity index (χ1n) is 6.03. The Morgan fingerprint density at radius 3 is 2.67 bits per heavy atom. The first-order valence-corrected chi connectivity index (χ1v) is 6.91. The van der Waals surface area contributed by atoms with Gasteiger partial charge in [-0.2, -0.15) is 9.72 Å². The molecule has 0 aliphatic carbocycles. The molecule has 1 aromatic carbocycles. The normalized spacial score (nSPS) is 11.3. The van der Waals surface area contributed by atoms with E-state index in [-0.39, 0.29) is 23.5 Å². The van der Waals surface area contributed by atoms with E-state index < -0.39 is 11.9 Å². The number of aromatic nitrogens is 1. The molecule has 0 unspecified atom stereocenters. The Hall–Kier alpha value is -2.61. The van der Waals surface area contributed by atoms with Crippen molar-refractivity contribution in [1.29, 1.82) is 0 Å². The van der Waals surface area contributed by atoms with Crippen molar-refractivity contribution in [3.8, 4) is 0 Å². The molecule has 1 aromatic heterocycles. The summed E-state index contributed by atoms with van der Waals surface area (Å²) >= 11 is 1.00. The monoisotopic (exact) mass is 307 g/mol. The van der Waals surface area contributed by atoms with Crippen molar-refractivity contribution in [3.63, 3.8) is 0 Å². The zero-order valence-electron chi connectivity index (χ0n) is 10.9. The second-order valence-electron chi connectivity index (χ2n) is 4.12. The number of nitrogens with one attached hydrogen (secondary N) is 1. The molecule has 8 heteroatoms. The summed E-state index contributed by atoms with van der Waals surface area (Å²) in [5.74, 6) is -1.54. The Balaban J connectivity index is 2.04. The number of thiazole rings is 1. The first-order chi connectivity index (χ1) is 10.1. The van der Waals surface area contributed by atoms with Crippen LogP contribution in [0, 0.1) is 0 Å². The summed E-state index contributed by atoms with van der Waals surface area (Å²) in [5, 5.41) is 22.7. The minimum absolute atomic E-state index is 0.0177. The smallest absolute Gasteiger partial charge is 0.309 e. The second-order valence-corrected chi connectivity index (χ2v) is 4.95. The van der Waals surface area contributed by atoms with Crippen LogP contribution in [0.2, 0.25) is 0 Å². The Kier molecular flexibility index (Phi) is 4.72. The van der Waals surface area contributed by atoms with Gasteiger partial charge in [-0.3, -0.25) is 9.59 Å². The molecule has 2 rings (SSSR count). The fraction of sp³-hybridized carbons (Fsp3) is 0.154. The molecule has 0 aliphatic rings. The fourth-order valence-corrected chi connectivity index (χ4v) is 2.36. The van der Waals surface area contributed by atoms with Crippen LogP contribution in [0.25, 0.3) is 0 Å². The predicted molar refractivity (Wildman–Crippen MR) is 76.3 cm³/mol. The van der Waals surface area contributed by atoms with E-state index in [2.05, 4.69) is 10.3 Å². The van der Waals surface area contributed by atoms with E-state index in [1.165, 1.54) is 5.38 Å². The van der Waals surface area contributed by atoms with Crippen molar-refractivity contribution >= 4 is 28.9 Å². The van der Waals surface area contributed by atoms with Gasteiger partial charge in [-0.05, 0) is 12.1 Å². The number of carbonyl (C=O) groups is 2. The Labute approximate surface area is 123 Å². The van der Waals surface area contributed by atoms with E-state index in [1.54, 1.807) is 0 Å². The molecule has 0 saturated heterocycles. The van der Waals surface area contributed by atoms with Crippen LogP contribution in [-0.2, 0) is 16.0 Å². The van der Waals surface area contributed by atoms with Crippen molar-refractivity contribution < 1.29 is 19.9 Å². The van der Waals surface area contributed by atoms with Crippen LogP contribution in [0.15, 0.2) is 40.7 Å². The molecule has 7 nitrogen and oxygen atoms in total. The van der Waals surface area contributed by atoms with Crippen LogP contribution < -0.4 is 10.1 Å². The van der Waals surface area contributed by atoms with Crippen LogP contribution in [0.1, 0.15) is 5.69 Å². The van der Waals surface area contributed by atoms with Gasteiger partial charge < -0.3 is 15.6 Å². The van der Waals surface area contributed by atoms with Gasteiger partial charge in [0.15, 0.2) is 0 Å². The number of carbonyl (C=O) groups excluding carboxylic acids is 1. The van der Waals surface area contributed by atoms with E-state index in [9.17, 15) is 14.8 Å². The lowest BCUT2D eigenvalue weighted by atomic mass is 10.3. The highest BCUT2D eigenvalue weighted by atomic mass is 32.1. The molecule has 0 atom stereocenters. The van der Waals surface area contributed by atoms with Crippen molar-refractivity contribution in [2.24, 2.45) is 4.99 Å². The lowest BCUT2D eigenvalue weighted by Gasteiger charge is -2.02. The van der Waals surface area contributed by atoms with Gasteiger partial charge in [0, 0.05) is 11.1 Å². The Morgan fingerprint density at radius 1 is 1.29 bits per heavy atom. The summed E-state index contributed by atoms with van der Waals surface area (Å²) in [6, 6.07) is 9.17. The molecule has 1 heterocycles. The predicted octanol–water partition coefficient (Wildman–Crippen LogP) is 0.953. The number of para-hydroxylation sites is 1. The molecule has 2 aromatic rings. The van der Waals surface area contributed by atoms with E-state index in [0.29, 0.717) is 4.73 Å². The standard InChI is InChI=1S/C13H13N3O4S/c17-11(7-14-9-4-2-1-3-5-9)15-13-16(20)10(8-21-13)6-12(18)19/h1-5,8,14,20H,6-7H2,(H,18,19). The van der Waals surface area contributed by atoms with Crippen LogP contribution in [0.3, 0.4) is 0 Å². The molecular weight excluding hydrogens is 294 g/mol. The highest BCUT2D eigenvalue weighted by Crippen LogP contribution is 2.04. The number of nitrogens with zero attached hydrogens (tertiary/aromatic N) is 2. The summed E-state index contributed by atoms with van der Waals surface area (Å²) in [6.07, 6.45) is -0.334. The third-order valence-corrected chi connectivity index (χ3v) is 3.39. The number of hydrogen-bond donors (Lipinski definition) is 3. The van der Waals surface area contributed by atoms with Crippen LogP contribution in [0.5, 0.6) is 0 Å². The number of rotatable bonds is 5. The van der Waals surface area contributed by atoms with Gasteiger partial charge in [-0.1, -0.05) is 18.2 Å².